The van der Waals surface area contributed by atoms with E-state index in [0.717, 1.165) is 44.3 Å². The van der Waals surface area contributed by atoms with Gasteiger partial charge in [-0.3, -0.25) is 9.59 Å². The largest absolute Gasteiger partial charge is 0.441 e. The maximum Gasteiger partial charge on any atom is 0.225 e. The fourth-order valence-electron chi connectivity index (χ4n) is 4.51. The van der Waals surface area contributed by atoms with Gasteiger partial charge in [0.05, 0.1) is 11.2 Å². The van der Waals surface area contributed by atoms with Crippen LogP contribution in [-0.2, 0) is 16.0 Å². The molecule has 0 radical (unpaired) electrons. The third-order valence-corrected chi connectivity index (χ3v) is 6.69. The van der Waals surface area contributed by atoms with Gasteiger partial charge in [0.2, 0.25) is 11.8 Å². The van der Waals surface area contributed by atoms with Gasteiger partial charge in [-0.15, -0.1) is 0 Å². The minimum Gasteiger partial charge on any atom is -0.441 e. The van der Waals surface area contributed by atoms with Crippen molar-refractivity contribution in [3.05, 3.63) is 41.4 Å². The van der Waals surface area contributed by atoms with E-state index in [9.17, 15) is 9.59 Å². The van der Waals surface area contributed by atoms with Crippen LogP contribution < -0.4 is 0 Å². The molecule has 0 saturated carbocycles. The first-order chi connectivity index (χ1) is 15.1. The second-order valence-corrected chi connectivity index (χ2v) is 8.90. The number of rotatable bonds is 5. The summed E-state index contributed by atoms with van der Waals surface area (Å²) in [5.41, 5.74) is 0.797. The number of carbonyl (C=O) groups is 2. The van der Waals surface area contributed by atoms with E-state index < -0.39 is 0 Å². The Morgan fingerprint density at radius 1 is 1.00 bits per heavy atom. The zero-order valence-corrected chi connectivity index (χ0v) is 18.6. The van der Waals surface area contributed by atoms with Gasteiger partial charge in [-0.05, 0) is 37.8 Å². The maximum atomic E-state index is 12.8. The molecule has 4 rings (SSSR count). The van der Waals surface area contributed by atoms with Crippen LogP contribution in [0, 0.1) is 5.92 Å². The minimum atomic E-state index is 0.0621. The minimum absolute atomic E-state index is 0.0621. The van der Waals surface area contributed by atoms with E-state index >= 15 is 0 Å². The highest BCUT2D eigenvalue weighted by Crippen LogP contribution is 2.28. The molecule has 166 valence electrons. The van der Waals surface area contributed by atoms with Crippen molar-refractivity contribution in [3.63, 3.8) is 0 Å². The van der Waals surface area contributed by atoms with Gasteiger partial charge in [0, 0.05) is 50.5 Å². The van der Waals surface area contributed by atoms with Gasteiger partial charge in [-0.1, -0.05) is 36.6 Å². The normalized spacial score (nSPS) is 18.1. The highest BCUT2D eigenvalue weighted by molar-refractivity contribution is 6.33. The van der Waals surface area contributed by atoms with Crippen LogP contribution in [0.2, 0.25) is 5.02 Å². The number of nitrogens with zero attached hydrogens (tertiary/aromatic N) is 3. The van der Waals surface area contributed by atoms with E-state index in [0.29, 0.717) is 48.5 Å². The molecule has 1 aromatic carbocycles. The van der Waals surface area contributed by atoms with Crippen molar-refractivity contribution in [2.75, 3.05) is 26.2 Å². The summed E-state index contributed by atoms with van der Waals surface area (Å²) in [5.74, 6) is 1.60. The number of hydrogen-bond donors (Lipinski definition) is 0. The fourth-order valence-corrected chi connectivity index (χ4v) is 4.74. The van der Waals surface area contributed by atoms with Gasteiger partial charge >= 0.3 is 0 Å². The van der Waals surface area contributed by atoms with Crippen LogP contribution in [0.3, 0.4) is 0 Å². The van der Waals surface area contributed by atoms with Gasteiger partial charge in [-0.25, -0.2) is 4.98 Å². The van der Waals surface area contributed by atoms with Crippen LogP contribution in [-0.4, -0.2) is 52.8 Å². The molecule has 0 aliphatic carbocycles. The summed E-state index contributed by atoms with van der Waals surface area (Å²) in [6, 6.07) is 7.46. The second-order valence-electron chi connectivity index (χ2n) is 8.49. The first-order valence-corrected chi connectivity index (χ1v) is 11.8. The van der Waals surface area contributed by atoms with E-state index in [1.165, 1.54) is 12.8 Å². The molecule has 2 aliphatic heterocycles. The molecule has 0 atom stereocenters. The molecule has 0 N–H and O–H groups in total. The van der Waals surface area contributed by atoms with E-state index in [4.69, 9.17) is 16.0 Å². The van der Waals surface area contributed by atoms with Gasteiger partial charge in [-0.2, -0.15) is 0 Å². The Labute approximate surface area is 188 Å². The van der Waals surface area contributed by atoms with E-state index in [-0.39, 0.29) is 11.8 Å². The molecule has 1 aromatic heterocycles. The number of amides is 2. The molecule has 2 amide bonds. The van der Waals surface area contributed by atoms with Gasteiger partial charge in [0.1, 0.15) is 0 Å². The topological polar surface area (TPSA) is 66.7 Å². The molecule has 0 unspecified atom stereocenters. The number of hydrogen-bond acceptors (Lipinski definition) is 4. The summed E-state index contributed by atoms with van der Waals surface area (Å²) in [5, 5.41) is 0.610. The second kappa shape index (κ2) is 10.3. The molecular formula is C24H30ClN3O3. The SMILES string of the molecule is O=C(CCc1ncc(-c2ccccc2Cl)o1)N1CCC(C(=O)N2CCCCCC2)CC1. The van der Waals surface area contributed by atoms with Crippen LogP contribution in [0.4, 0.5) is 0 Å². The number of carbonyl (C=O) groups excluding carboxylic acids is 2. The lowest BCUT2D eigenvalue weighted by molar-refractivity contribution is -0.140. The average Bonchev–Trinajstić information content (AvgIpc) is 3.10. The van der Waals surface area contributed by atoms with Crippen LogP contribution >= 0.6 is 11.6 Å². The monoisotopic (exact) mass is 443 g/mol. The number of likely N-dealkylation sites (tertiary alicyclic amines) is 2. The summed E-state index contributed by atoms with van der Waals surface area (Å²) in [6.45, 7) is 3.09. The van der Waals surface area contributed by atoms with Crippen LogP contribution in [0.1, 0.15) is 50.8 Å². The fraction of sp³-hybridized carbons (Fsp3) is 0.542. The third-order valence-electron chi connectivity index (χ3n) is 6.36. The van der Waals surface area contributed by atoms with Crippen molar-refractivity contribution in [2.24, 2.45) is 5.92 Å². The third kappa shape index (κ3) is 5.48. The molecule has 2 fully saturated rings. The van der Waals surface area contributed by atoms with Gasteiger partial charge in [0.15, 0.2) is 11.7 Å². The van der Waals surface area contributed by atoms with E-state index in [1.807, 2.05) is 34.1 Å². The molecular weight excluding hydrogens is 414 g/mol. The van der Waals surface area contributed by atoms with Gasteiger partial charge < -0.3 is 14.2 Å². The zero-order valence-electron chi connectivity index (χ0n) is 17.9. The predicted octanol–water partition coefficient (Wildman–Crippen LogP) is 4.57. The quantitative estimate of drug-likeness (QED) is 0.678. The standard InChI is InChI=1S/C24H30ClN3O3/c25-20-8-4-3-7-19(20)21-17-26-22(31-21)9-10-23(29)27-15-11-18(12-16-27)24(30)28-13-5-1-2-6-14-28/h3-4,7-8,17-18H,1-2,5-6,9-16H2. The van der Waals surface area contributed by atoms with Crippen molar-refractivity contribution in [2.45, 2.75) is 51.4 Å². The number of aryl methyl sites for hydroxylation is 1. The summed E-state index contributed by atoms with van der Waals surface area (Å²) in [4.78, 5) is 33.7. The first kappa shape index (κ1) is 21.9. The number of aromatic nitrogens is 1. The number of halogens is 1. The van der Waals surface area contributed by atoms with Crippen molar-refractivity contribution >= 4 is 23.4 Å². The van der Waals surface area contributed by atoms with Crippen molar-refractivity contribution < 1.29 is 14.0 Å². The van der Waals surface area contributed by atoms with Crippen LogP contribution in [0.25, 0.3) is 11.3 Å². The van der Waals surface area contributed by atoms with Crippen molar-refractivity contribution in [3.8, 4) is 11.3 Å². The lowest BCUT2D eigenvalue weighted by Crippen LogP contribution is -2.44. The van der Waals surface area contributed by atoms with Crippen molar-refractivity contribution in [1.82, 2.24) is 14.8 Å². The number of benzene rings is 1. The first-order valence-electron chi connectivity index (χ1n) is 11.4. The molecule has 3 heterocycles. The summed E-state index contributed by atoms with van der Waals surface area (Å²) in [6.07, 6.45) is 8.66. The predicted molar refractivity (Wildman–Crippen MR) is 120 cm³/mol. The molecule has 31 heavy (non-hydrogen) atoms. The van der Waals surface area contributed by atoms with Crippen LogP contribution in [0.5, 0.6) is 0 Å². The Morgan fingerprint density at radius 3 is 2.42 bits per heavy atom. The number of piperidine rings is 1. The highest BCUT2D eigenvalue weighted by atomic mass is 35.5. The highest BCUT2D eigenvalue weighted by Gasteiger charge is 2.30. The molecule has 2 aliphatic rings. The zero-order chi connectivity index (χ0) is 21.6. The Balaban J connectivity index is 1.24. The maximum absolute atomic E-state index is 12.8. The molecule has 0 bridgehead atoms. The summed E-state index contributed by atoms with van der Waals surface area (Å²) < 4.78 is 5.80. The summed E-state index contributed by atoms with van der Waals surface area (Å²) in [7, 11) is 0. The molecule has 2 aromatic rings. The van der Waals surface area contributed by atoms with E-state index in [1.54, 1.807) is 6.20 Å². The number of oxazole rings is 1. The smallest absolute Gasteiger partial charge is 0.225 e. The van der Waals surface area contributed by atoms with Gasteiger partial charge in [0.25, 0.3) is 0 Å². The van der Waals surface area contributed by atoms with Crippen LogP contribution in [0.15, 0.2) is 34.9 Å². The molecule has 7 heteroatoms. The lowest BCUT2D eigenvalue weighted by Gasteiger charge is -2.34. The Hall–Kier alpha value is -2.34. The Bertz CT molecular complexity index is 897. The lowest BCUT2D eigenvalue weighted by atomic mass is 9.95. The average molecular weight is 444 g/mol. The molecule has 6 nitrogen and oxygen atoms in total. The molecule has 0 spiro atoms. The summed E-state index contributed by atoms with van der Waals surface area (Å²) >= 11 is 6.21. The Morgan fingerprint density at radius 2 is 1.71 bits per heavy atom. The van der Waals surface area contributed by atoms with E-state index in [2.05, 4.69) is 4.98 Å². The Kier molecular flexibility index (Phi) is 7.28. The van der Waals surface area contributed by atoms with Crippen molar-refractivity contribution in [1.29, 1.82) is 0 Å². The molecule has 2 saturated heterocycles.